The van der Waals surface area contributed by atoms with Gasteiger partial charge in [0.15, 0.2) is 11.2 Å². The number of rotatable bonds is 12. The summed E-state index contributed by atoms with van der Waals surface area (Å²) in [5.41, 5.74) is 3.61. The predicted molar refractivity (Wildman–Crippen MR) is 191 cm³/mol. The van der Waals surface area contributed by atoms with Crippen LogP contribution in [0.3, 0.4) is 0 Å². The van der Waals surface area contributed by atoms with E-state index in [9.17, 15) is 22.4 Å². The minimum atomic E-state index is -3.14. The third-order valence-corrected chi connectivity index (χ3v) is 9.96. The SMILES string of the molecule is Cc1c(-c2nc3cc(COC(=O)[C@@H]4CCCN4)c(OC(F)F)cc3o2)cccc1-c1cccc(-c2nc3cc(CN4CCCC4)c(OC(F)F)cc3o2)c1F. The normalized spacial score (nSPS) is 16.3. The number of aromatic nitrogens is 2. The fraction of sp³-hybridized carbons (Fsp3) is 0.325. The summed E-state index contributed by atoms with van der Waals surface area (Å²) >= 11 is 0. The van der Waals surface area contributed by atoms with Crippen molar-refractivity contribution in [1.29, 1.82) is 0 Å². The number of hydrogen-bond acceptors (Lipinski definition) is 10. The van der Waals surface area contributed by atoms with Crippen LogP contribution in [-0.4, -0.2) is 59.7 Å². The Kier molecular flexibility index (Phi) is 10.1. The summed E-state index contributed by atoms with van der Waals surface area (Å²) in [5.74, 6) is -1.25. The summed E-state index contributed by atoms with van der Waals surface area (Å²) in [5, 5.41) is 3.04. The zero-order chi connectivity index (χ0) is 38.2. The number of alkyl halides is 4. The fourth-order valence-electron chi connectivity index (χ4n) is 7.26. The van der Waals surface area contributed by atoms with Crippen LogP contribution in [0.15, 0.2) is 69.5 Å². The monoisotopic (exact) mass is 762 g/mol. The Hall–Kier alpha value is -5.54. The number of fused-ring (bicyclic) bond motifs is 2. The van der Waals surface area contributed by atoms with Crippen LogP contribution in [0.25, 0.3) is 56.2 Å². The van der Waals surface area contributed by atoms with Gasteiger partial charge in [0.05, 0.1) is 5.56 Å². The van der Waals surface area contributed by atoms with E-state index in [-0.39, 0.29) is 57.7 Å². The molecule has 15 heteroatoms. The Morgan fingerprint density at radius 3 is 2.04 bits per heavy atom. The van der Waals surface area contributed by atoms with E-state index >= 15 is 4.39 Å². The Morgan fingerprint density at radius 2 is 1.40 bits per heavy atom. The molecule has 2 aliphatic rings. The number of carbonyl (C=O) groups excluding carboxylic acids is 1. The van der Waals surface area contributed by atoms with Gasteiger partial charge in [-0.15, -0.1) is 0 Å². The van der Waals surface area contributed by atoms with Gasteiger partial charge in [-0.25, -0.2) is 14.4 Å². The maximum atomic E-state index is 16.5. The molecule has 10 nitrogen and oxygen atoms in total. The minimum absolute atomic E-state index is 0.0211. The Balaban J connectivity index is 1.11. The van der Waals surface area contributed by atoms with Gasteiger partial charge in [-0.1, -0.05) is 24.3 Å². The van der Waals surface area contributed by atoms with Crippen LogP contribution in [0, 0.1) is 12.7 Å². The molecule has 6 aromatic rings. The standard InChI is InChI=1S/C40H35F5N4O6/c1-21-24(7-4-8-25(21)36-47-30-16-23(20-51-38(50)28-11-6-12-46-28)32(55-40(44)45)18-34(30)52-36)26-9-5-10-27(35(26)41)37-48-29-15-22(19-49-13-2-3-14-49)31(54-39(42)43)17-33(29)53-37/h4-5,7-10,15-18,28,39-40,46H,2-3,6,11-14,19-20H2,1H3/t28-/m0/s1. The minimum Gasteiger partial charge on any atom is -0.460 e. The Morgan fingerprint density at radius 1 is 0.818 bits per heavy atom. The van der Waals surface area contributed by atoms with E-state index in [0.717, 1.165) is 32.4 Å². The highest BCUT2D eigenvalue weighted by molar-refractivity contribution is 5.84. The second kappa shape index (κ2) is 15.3. The van der Waals surface area contributed by atoms with Crippen LogP contribution in [0.2, 0.25) is 0 Å². The summed E-state index contributed by atoms with van der Waals surface area (Å²) in [6.07, 6.45) is 3.49. The lowest BCUT2D eigenvalue weighted by molar-refractivity contribution is -0.147. The van der Waals surface area contributed by atoms with Crippen LogP contribution in [0.5, 0.6) is 11.5 Å². The van der Waals surface area contributed by atoms with Crippen molar-refractivity contribution in [2.24, 2.45) is 0 Å². The van der Waals surface area contributed by atoms with E-state index in [0.29, 0.717) is 52.8 Å². The number of nitrogens with one attached hydrogen (secondary N) is 1. The van der Waals surface area contributed by atoms with E-state index < -0.39 is 31.1 Å². The molecule has 2 aromatic heterocycles. The molecule has 286 valence electrons. The van der Waals surface area contributed by atoms with Crippen LogP contribution in [-0.2, 0) is 22.7 Å². The first-order valence-corrected chi connectivity index (χ1v) is 17.9. The maximum Gasteiger partial charge on any atom is 0.387 e. The third kappa shape index (κ3) is 7.58. The molecular weight excluding hydrogens is 727 g/mol. The summed E-state index contributed by atoms with van der Waals surface area (Å²) in [4.78, 5) is 23.8. The van der Waals surface area contributed by atoms with Crippen molar-refractivity contribution < 1.29 is 49.8 Å². The molecule has 0 saturated carbocycles. The molecule has 4 aromatic carbocycles. The first-order chi connectivity index (χ1) is 26.6. The predicted octanol–water partition coefficient (Wildman–Crippen LogP) is 9.01. The summed E-state index contributed by atoms with van der Waals surface area (Å²) < 4.78 is 96.9. The highest BCUT2D eigenvalue weighted by atomic mass is 19.3. The zero-order valence-electron chi connectivity index (χ0n) is 29.6. The van der Waals surface area contributed by atoms with E-state index in [1.807, 2.05) is 0 Å². The van der Waals surface area contributed by atoms with Crippen molar-refractivity contribution in [2.75, 3.05) is 19.6 Å². The third-order valence-electron chi connectivity index (χ3n) is 9.96. The van der Waals surface area contributed by atoms with Crippen molar-refractivity contribution in [3.63, 3.8) is 0 Å². The molecular formula is C40H35F5N4O6. The molecule has 1 atom stereocenters. The van der Waals surface area contributed by atoms with E-state index in [1.165, 1.54) is 24.3 Å². The van der Waals surface area contributed by atoms with Gasteiger partial charge in [0, 0.05) is 40.9 Å². The van der Waals surface area contributed by atoms with Gasteiger partial charge >= 0.3 is 19.2 Å². The Bertz CT molecular complexity index is 2370. The van der Waals surface area contributed by atoms with Crippen molar-refractivity contribution in [3.05, 3.63) is 83.2 Å². The number of esters is 1. The van der Waals surface area contributed by atoms with Crippen LogP contribution in [0.4, 0.5) is 22.0 Å². The average molecular weight is 763 g/mol. The molecule has 0 spiro atoms. The number of nitrogens with zero attached hydrogens (tertiary/aromatic N) is 3. The highest BCUT2D eigenvalue weighted by Crippen LogP contribution is 2.39. The van der Waals surface area contributed by atoms with E-state index in [4.69, 9.17) is 23.0 Å². The molecule has 0 bridgehead atoms. The summed E-state index contributed by atoms with van der Waals surface area (Å²) in [6, 6.07) is 15.2. The Labute approximate surface area is 311 Å². The molecule has 0 amide bonds. The second-order valence-electron chi connectivity index (χ2n) is 13.5. The molecule has 0 radical (unpaired) electrons. The van der Waals surface area contributed by atoms with Crippen molar-refractivity contribution >= 4 is 28.2 Å². The van der Waals surface area contributed by atoms with Crippen molar-refractivity contribution in [3.8, 4) is 45.5 Å². The van der Waals surface area contributed by atoms with Gasteiger partial charge in [0.25, 0.3) is 0 Å². The maximum absolute atomic E-state index is 16.5. The second-order valence-corrected chi connectivity index (χ2v) is 13.5. The van der Waals surface area contributed by atoms with Gasteiger partial charge in [0.1, 0.15) is 41.0 Å². The largest absolute Gasteiger partial charge is 0.460 e. The number of hydrogen-bond donors (Lipinski definition) is 1. The van der Waals surface area contributed by atoms with Gasteiger partial charge < -0.3 is 28.4 Å². The lowest BCUT2D eigenvalue weighted by Crippen LogP contribution is -2.32. The molecule has 2 aliphatic heterocycles. The molecule has 55 heavy (non-hydrogen) atoms. The molecule has 2 saturated heterocycles. The molecule has 0 unspecified atom stereocenters. The fourth-order valence-corrected chi connectivity index (χ4v) is 7.26. The van der Waals surface area contributed by atoms with E-state index in [2.05, 4.69) is 20.2 Å². The number of halogens is 5. The summed E-state index contributed by atoms with van der Waals surface area (Å²) in [6.45, 7) is -1.94. The lowest BCUT2D eigenvalue weighted by Gasteiger charge is -2.17. The first kappa shape index (κ1) is 36.4. The van der Waals surface area contributed by atoms with Crippen LogP contribution in [0.1, 0.15) is 42.4 Å². The van der Waals surface area contributed by atoms with Crippen LogP contribution < -0.4 is 14.8 Å². The smallest absolute Gasteiger partial charge is 0.387 e. The van der Waals surface area contributed by atoms with E-state index in [1.54, 1.807) is 43.3 Å². The topological polar surface area (TPSA) is 112 Å². The molecule has 8 rings (SSSR count). The number of likely N-dealkylation sites (tertiary alicyclic amines) is 1. The van der Waals surface area contributed by atoms with Crippen LogP contribution >= 0.6 is 0 Å². The van der Waals surface area contributed by atoms with Crippen molar-refractivity contribution in [2.45, 2.75) is 65.0 Å². The van der Waals surface area contributed by atoms with Gasteiger partial charge in [-0.3, -0.25) is 9.69 Å². The molecule has 4 heterocycles. The molecule has 1 N–H and O–H groups in total. The van der Waals surface area contributed by atoms with Gasteiger partial charge in [-0.2, -0.15) is 17.6 Å². The first-order valence-electron chi connectivity index (χ1n) is 17.9. The average Bonchev–Trinajstić information content (AvgIpc) is 3.99. The highest BCUT2D eigenvalue weighted by Gasteiger charge is 2.26. The number of benzene rings is 4. The van der Waals surface area contributed by atoms with Crippen molar-refractivity contribution in [1.82, 2.24) is 20.2 Å². The zero-order valence-corrected chi connectivity index (χ0v) is 29.6. The molecule has 0 aliphatic carbocycles. The molecule has 2 fully saturated rings. The lowest BCUT2D eigenvalue weighted by atomic mass is 9.94. The number of oxazole rings is 2. The van der Waals surface area contributed by atoms with Gasteiger partial charge in [-0.05, 0) is 87.6 Å². The van der Waals surface area contributed by atoms with Gasteiger partial charge in [0.2, 0.25) is 11.8 Å². The number of carbonyl (C=O) groups is 1. The summed E-state index contributed by atoms with van der Waals surface area (Å²) in [7, 11) is 0. The number of ether oxygens (including phenoxy) is 3. The quantitative estimate of drug-likeness (QED) is 0.0958.